The summed E-state index contributed by atoms with van der Waals surface area (Å²) in [7, 11) is 0. The van der Waals surface area contributed by atoms with Crippen molar-refractivity contribution >= 4 is 17.4 Å². The van der Waals surface area contributed by atoms with Crippen molar-refractivity contribution < 1.29 is 0 Å². The van der Waals surface area contributed by atoms with Crippen LogP contribution in [-0.4, -0.2) is 55.7 Å². The summed E-state index contributed by atoms with van der Waals surface area (Å²) in [5.74, 6) is 1.21. The number of nitrogens with two attached hydrogens (primary N) is 1. The van der Waals surface area contributed by atoms with Crippen LogP contribution in [0.2, 0.25) is 0 Å². The van der Waals surface area contributed by atoms with Crippen molar-refractivity contribution in [2.24, 2.45) is 5.73 Å². The minimum atomic E-state index is 0.554. The molecule has 2 rings (SSSR count). The van der Waals surface area contributed by atoms with Gasteiger partial charge in [0.25, 0.3) is 0 Å². The molecular weight excluding hydrogens is 278 g/mol. The van der Waals surface area contributed by atoms with Gasteiger partial charge in [-0.15, -0.1) is 0 Å². The van der Waals surface area contributed by atoms with Gasteiger partial charge in [-0.2, -0.15) is 11.8 Å². The van der Waals surface area contributed by atoms with E-state index in [2.05, 4.69) is 48.1 Å². The third kappa shape index (κ3) is 4.15. The molecule has 1 aliphatic rings. The van der Waals surface area contributed by atoms with Crippen LogP contribution in [-0.2, 0) is 0 Å². The van der Waals surface area contributed by atoms with Crippen molar-refractivity contribution in [3.05, 3.63) is 29.3 Å². The van der Waals surface area contributed by atoms with Crippen molar-refractivity contribution in [3.8, 4) is 0 Å². The Bertz CT molecular complexity index is 442. The molecule has 0 aliphatic carbocycles. The number of thioether (sulfide) groups is 1. The maximum absolute atomic E-state index is 5.97. The lowest BCUT2D eigenvalue weighted by molar-refractivity contribution is 0.185. The van der Waals surface area contributed by atoms with Gasteiger partial charge in [0.15, 0.2) is 0 Å². The normalized spacial score (nSPS) is 18.0. The summed E-state index contributed by atoms with van der Waals surface area (Å²) in [6.07, 6.45) is 3.38. The minimum absolute atomic E-state index is 0.554. The second kappa shape index (κ2) is 8.06. The number of rotatable bonds is 6. The van der Waals surface area contributed by atoms with Gasteiger partial charge in [-0.05, 0) is 49.5 Å². The van der Waals surface area contributed by atoms with Gasteiger partial charge < -0.3 is 10.6 Å². The van der Waals surface area contributed by atoms with Crippen LogP contribution in [0.1, 0.15) is 17.5 Å². The fourth-order valence-electron chi connectivity index (χ4n) is 3.11. The van der Waals surface area contributed by atoms with E-state index in [-0.39, 0.29) is 0 Å². The lowest BCUT2D eigenvalue weighted by Crippen LogP contribution is -2.52. The molecule has 1 unspecified atom stereocenters. The van der Waals surface area contributed by atoms with Crippen molar-refractivity contribution in [2.45, 2.75) is 26.3 Å². The molecule has 1 fully saturated rings. The third-order valence-corrected chi connectivity index (χ3v) is 5.32. The van der Waals surface area contributed by atoms with E-state index in [0.717, 1.165) is 32.7 Å². The fourth-order valence-corrected chi connectivity index (χ4v) is 3.62. The summed E-state index contributed by atoms with van der Waals surface area (Å²) in [5, 5.41) is 0. The van der Waals surface area contributed by atoms with Gasteiger partial charge in [0.2, 0.25) is 0 Å². The van der Waals surface area contributed by atoms with Gasteiger partial charge in [-0.3, -0.25) is 4.90 Å². The van der Waals surface area contributed by atoms with E-state index in [1.807, 2.05) is 11.8 Å². The van der Waals surface area contributed by atoms with Crippen LogP contribution in [0.4, 0.5) is 5.69 Å². The average molecular weight is 308 g/mol. The van der Waals surface area contributed by atoms with Gasteiger partial charge in [-0.25, -0.2) is 0 Å². The molecule has 3 nitrogen and oxygen atoms in total. The monoisotopic (exact) mass is 307 g/mol. The van der Waals surface area contributed by atoms with E-state index in [0.29, 0.717) is 6.04 Å². The Hall–Kier alpha value is -0.710. The highest BCUT2D eigenvalue weighted by atomic mass is 32.2. The molecule has 1 heterocycles. The predicted molar refractivity (Wildman–Crippen MR) is 95.5 cm³/mol. The van der Waals surface area contributed by atoms with E-state index in [1.54, 1.807) is 0 Å². The topological polar surface area (TPSA) is 32.5 Å². The highest BCUT2D eigenvalue weighted by molar-refractivity contribution is 7.98. The predicted octanol–water partition coefficient (Wildman–Crippen LogP) is 2.51. The van der Waals surface area contributed by atoms with E-state index in [9.17, 15) is 0 Å². The number of hydrogen-bond acceptors (Lipinski definition) is 4. The Morgan fingerprint density at radius 3 is 2.52 bits per heavy atom. The Balaban J connectivity index is 1.95. The van der Waals surface area contributed by atoms with Crippen LogP contribution in [0.5, 0.6) is 0 Å². The average Bonchev–Trinajstić information content (AvgIpc) is 2.51. The number of anilines is 1. The first kappa shape index (κ1) is 16.7. The Morgan fingerprint density at radius 1 is 1.19 bits per heavy atom. The molecule has 21 heavy (non-hydrogen) atoms. The molecule has 4 heteroatoms. The molecule has 1 atom stereocenters. The molecule has 0 spiro atoms. The molecule has 118 valence electrons. The molecular formula is C17H29N3S. The summed E-state index contributed by atoms with van der Waals surface area (Å²) < 4.78 is 0. The maximum atomic E-state index is 5.97. The van der Waals surface area contributed by atoms with Gasteiger partial charge in [0.05, 0.1) is 0 Å². The molecule has 1 aliphatic heterocycles. The SMILES string of the molecule is CSCCC(CN)N1CCN(c2cccc(C)c2C)CC1. The van der Waals surface area contributed by atoms with Gasteiger partial charge >= 0.3 is 0 Å². The number of hydrogen-bond donors (Lipinski definition) is 1. The first-order valence-corrected chi connectivity index (χ1v) is 9.31. The molecule has 0 amide bonds. The zero-order chi connectivity index (χ0) is 15.2. The smallest absolute Gasteiger partial charge is 0.0399 e. The molecule has 1 aromatic rings. The molecule has 0 aromatic heterocycles. The first-order valence-electron chi connectivity index (χ1n) is 7.91. The van der Waals surface area contributed by atoms with Crippen LogP contribution in [0, 0.1) is 13.8 Å². The van der Waals surface area contributed by atoms with Crippen LogP contribution in [0.3, 0.4) is 0 Å². The fraction of sp³-hybridized carbons (Fsp3) is 0.647. The Morgan fingerprint density at radius 2 is 1.90 bits per heavy atom. The Kier molecular flexibility index (Phi) is 6.40. The second-order valence-electron chi connectivity index (χ2n) is 5.91. The molecule has 0 radical (unpaired) electrons. The van der Waals surface area contributed by atoms with Crippen molar-refractivity contribution in [1.29, 1.82) is 0 Å². The van der Waals surface area contributed by atoms with Crippen molar-refractivity contribution in [1.82, 2.24) is 4.90 Å². The van der Waals surface area contributed by atoms with Gasteiger partial charge in [0, 0.05) is 44.5 Å². The largest absolute Gasteiger partial charge is 0.369 e. The summed E-state index contributed by atoms with van der Waals surface area (Å²) in [6, 6.07) is 7.18. The zero-order valence-electron chi connectivity index (χ0n) is 13.6. The quantitative estimate of drug-likeness (QED) is 0.875. The molecule has 2 N–H and O–H groups in total. The zero-order valence-corrected chi connectivity index (χ0v) is 14.5. The van der Waals surface area contributed by atoms with Crippen molar-refractivity contribution in [3.63, 3.8) is 0 Å². The van der Waals surface area contributed by atoms with E-state index >= 15 is 0 Å². The standard InChI is InChI=1S/C17H29N3S/c1-14-5-4-6-17(15(14)2)20-10-8-19(9-11-20)16(13-18)7-12-21-3/h4-6,16H,7-13,18H2,1-3H3. The minimum Gasteiger partial charge on any atom is -0.369 e. The number of benzene rings is 1. The number of nitrogens with zero attached hydrogens (tertiary/aromatic N) is 2. The molecule has 1 aromatic carbocycles. The molecule has 1 saturated heterocycles. The van der Waals surface area contributed by atoms with Crippen LogP contribution in [0.15, 0.2) is 18.2 Å². The molecule has 0 bridgehead atoms. The van der Waals surface area contributed by atoms with Crippen LogP contribution in [0.25, 0.3) is 0 Å². The van der Waals surface area contributed by atoms with Crippen LogP contribution < -0.4 is 10.6 Å². The van der Waals surface area contributed by atoms with Gasteiger partial charge in [0.1, 0.15) is 0 Å². The molecule has 0 saturated carbocycles. The highest BCUT2D eigenvalue weighted by Crippen LogP contribution is 2.24. The number of piperazine rings is 1. The summed E-state index contributed by atoms with van der Waals surface area (Å²) in [5.41, 5.74) is 10.2. The van der Waals surface area contributed by atoms with E-state index in [1.165, 1.54) is 29.0 Å². The first-order chi connectivity index (χ1) is 10.2. The third-order valence-electron chi connectivity index (χ3n) is 4.67. The van der Waals surface area contributed by atoms with E-state index < -0.39 is 0 Å². The second-order valence-corrected chi connectivity index (χ2v) is 6.90. The van der Waals surface area contributed by atoms with E-state index in [4.69, 9.17) is 5.73 Å². The lowest BCUT2D eigenvalue weighted by atomic mass is 10.1. The summed E-state index contributed by atoms with van der Waals surface area (Å²) in [4.78, 5) is 5.11. The van der Waals surface area contributed by atoms with Gasteiger partial charge in [-0.1, -0.05) is 12.1 Å². The van der Waals surface area contributed by atoms with Crippen LogP contribution >= 0.6 is 11.8 Å². The highest BCUT2D eigenvalue weighted by Gasteiger charge is 2.23. The summed E-state index contributed by atoms with van der Waals surface area (Å²) in [6.45, 7) is 9.69. The summed E-state index contributed by atoms with van der Waals surface area (Å²) >= 11 is 1.92. The lowest BCUT2D eigenvalue weighted by Gasteiger charge is -2.40. The van der Waals surface area contributed by atoms with Crippen molar-refractivity contribution in [2.75, 3.05) is 49.6 Å². The Labute approximate surface area is 133 Å². The maximum Gasteiger partial charge on any atom is 0.0399 e. The number of aryl methyl sites for hydroxylation is 1.